The van der Waals surface area contributed by atoms with Crippen molar-refractivity contribution < 1.29 is 0 Å². The lowest BCUT2D eigenvalue weighted by Crippen LogP contribution is -2.61. The number of benzene rings is 6. The highest BCUT2D eigenvalue weighted by atomic mass is 15.2. The standard InChI is InChI=1S/C70H79BN2/c1-5-15-50(16-6-1)55-23-13-25-61(38-55)72-65-40-57(52-19-9-3-10-20-52)29-33-63(65)71-64-34-30-58(53-21-11-4-12-22-53)41-66(64)73(62-26-14-24-56(39-62)51-17-7-2-8-18-51)68-43-59(42-67(72)69(68)71)54-27-31-60(32-28-54)70-44-47-35-48(45-70)37-49(36-47)46-70/h13-14,23-34,38-43,47-53H,1-12,15-22,35-37,44-46H2. The van der Waals surface area contributed by atoms with Crippen LogP contribution in [0.1, 0.15) is 218 Å². The van der Waals surface area contributed by atoms with Crippen molar-refractivity contribution in [1.82, 2.24) is 0 Å². The predicted octanol–water partition coefficient (Wildman–Crippen LogP) is 18.1. The van der Waals surface area contributed by atoms with E-state index < -0.39 is 0 Å². The Labute approximate surface area is 438 Å². The van der Waals surface area contributed by atoms with Gasteiger partial charge in [-0.25, -0.2) is 0 Å². The summed E-state index contributed by atoms with van der Waals surface area (Å²) < 4.78 is 0. The third-order valence-electron chi connectivity index (χ3n) is 21.6. The van der Waals surface area contributed by atoms with Gasteiger partial charge in [-0.2, -0.15) is 0 Å². The number of rotatable bonds is 8. The van der Waals surface area contributed by atoms with Crippen LogP contribution in [-0.4, -0.2) is 6.71 Å². The maximum atomic E-state index is 2.79. The Bertz CT molecular complexity index is 2820. The lowest BCUT2D eigenvalue weighted by Gasteiger charge is -2.57. The van der Waals surface area contributed by atoms with Crippen LogP contribution in [0.15, 0.2) is 121 Å². The Kier molecular flexibility index (Phi) is 11.6. The topological polar surface area (TPSA) is 6.48 Å². The zero-order valence-electron chi connectivity index (χ0n) is 43.9. The molecule has 4 bridgehead atoms. The minimum atomic E-state index is 0.138. The molecule has 0 N–H and O–H groups in total. The van der Waals surface area contributed by atoms with Gasteiger partial charge in [0.25, 0.3) is 6.71 Å². The Hall–Kier alpha value is -5.02. The van der Waals surface area contributed by atoms with Gasteiger partial charge < -0.3 is 9.80 Å². The molecular weight excluding hydrogens is 880 g/mol. The summed E-state index contributed by atoms with van der Waals surface area (Å²) in [6.07, 6.45) is 35.5. The monoisotopic (exact) mass is 959 g/mol. The molecule has 16 rings (SSSR count). The van der Waals surface area contributed by atoms with E-state index in [0.717, 1.165) is 17.8 Å². The van der Waals surface area contributed by atoms with Gasteiger partial charge in [0, 0.05) is 34.1 Å². The molecule has 10 aliphatic rings. The van der Waals surface area contributed by atoms with Crippen LogP contribution in [0.2, 0.25) is 0 Å². The fourth-order valence-electron chi connectivity index (χ4n) is 18.3. The molecule has 0 aromatic heterocycles. The molecule has 3 heteroatoms. The second kappa shape index (κ2) is 18.7. The van der Waals surface area contributed by atoms with E-state index in [0.29, 0.717) is 29.1 Å². The second-order valence-corrected chi connectivity index (χ2v) is 26.0. The van der Waals surface area contributed by atoms with Crippen LogP contribution in [0.5, 0.6) is 0 Å². The van der Waals surface area contributed by atoms with Crippen molar-refractivity contribution >= 4 is 57.2 Å². The highest BCUT2D eigenvalue weighted by Gasteiger charge is 2.52. The maximum Gasteiger partial charge on any atom is 0.252 e. The maximum absolute atomic E-state index is 2.79. The molecule has 2 heterocycles. The van der Waals surface area contributed by atoms with E-state index in [4.69, 9.17) is 0 Å². The molecule has 0 saturated heterocycles. The normalized spacial score (nSPS) is 26.2. The van der Waals surface area contributed by atoms with Gasteiger partial charge in [0.15, 0.2) is 0 Å². The van der Waals surface area contributed by atoms with Crippen molar-refractivity contribution in [2.24, 2.45) is 17.8 Å². The highest BCUT2D eigenvalue weighted by molar-refractivity contribution is 7.00. The summed E-state index contributed by atoms with van der Waals surface area (Å²) in [4.78, 5) is 5.57. The Morgan fingerprint density at radius 3 is 1.16 bits per heavy atom. The SMILES string of the molecule is c1cc(C2CCCCC2)cc(N2c3cc(C4CCCCC4)ccc3B3c4ccc(C5CCCCC5)cc4N(c4cccc(C5CCCCC5)c4)c4cc(-c5ccc(C67CC8CC(CC(C8)C6)C7)cc5)cc2c43)c1. The quantitative estimate of drug-likeness (QED) is 0.140. The molecule has 0 unspecified atom stereocenters. The molecule has 2 aliphatic heterocycles. The van der Waals surface area contributed by atoms with Crippen LogP contribution in [0.25, 0.3) is 11.1 Å². The van der Waals surface area contributed by atoms with Crippen molar-refractivity contribution in [2.75, 3.05) is 9.80 Å². The number of hydrogen-bond donors (Lipinski definition) is 0. The summed E-state index contributed by atoms with van der Waals surface area (Å²) in [6, 6.07) is 51.3. The molecule has 0 atom stereocenters. The van der Waals surface area contributed by atoms with Crippen molar-refractivity contribution in [1.29, 1.82) is 0 Å². The van der Waals surface area contributed by atoms with Crippen LogP contribution in [0.3, 0.4) is 0 Å². The molecule has 8 saturated carbocycles. The summed E-state index contributed by atoms with van der Waals surface area (Å²) in [6.45, 7) is 0.138. The minimum absolute atomic E-state index is 0.138. The van der Waals surface area contributed by atoms with E-state index in [2.05, 4.69) is 131 Å². The van der Waals surface area contributed by atoms with Crippen LogP contribution < -0.4 is 26.2 Å². The first kappa shape index (κ1) is 45.4. The van der Waals surface area contributed by atoms with Crippen LogP contribution in [0.4, 0.5) is 34.1 Å². The molecule has 6 aromatic carbocycles. The van der Waals surface area contributed by atoms with E-state index in [9.17, 15) is 0 Å². The van der Waals surface area contributed by atoms with Gasteiger partial charge in [-0.15, -0.1) is 0 Å². The van der Waals surface area contributed by atoms with Gasteiger partial charge in [-0.3, -0.25) is 0 Å². The van der Waals surface area contributed by atoms with Crippen LogP contribution in [0, 0.1) is 17.8 Å². The van der Waals surface area contributed by atoms with Crippen molar-refractivity contribution in [3.8, 4) is 11.1 Å². The van der Waals surface area contributed by atoms with E-state index in [1.54, 1.807) is 16.7 Å². The minimum Gasteiger partial charge on any atom is -0.311 e. The molecule has 372 valence electrons. The Balaban J connectivity index is 0.963. The predicted molar refractivity (Wildman–Crippen MR) is 309 cm³/mol. The average Bonchev–Trinajstić information content (AvgIpc) is 3.45. The third kappa shape index (κ3) is 8.00. The first-order valence-electron chi connectivity index (χ1n) is 30.5. The number of anilines is 6. The first-order valence-corrected chi connectivity index (χ1v) is 30.5. The molecular formula is C70H79BN2. The number of nitrogens with zero attached hydrogens (tertiary/aromatic N) is 2. The first-order chi connectivity index (χ1) is 36.1. The van der Waals surface area contributed by atoms with Crippen molar-refractivity contribution in [3.63, 3.8) is 0 Å². The molecule has 73 heavy (non-hydrogen) atoms. The lowest BCUT2D eigenvalue weighted by molar-refractivity contribution is -0.00518. The van der Waals surface area contributed by atoms with Crippen LogP contribution >= 0.6 is 0 Å². The third-order valence-corrected chi connectivity index (χ3v) is 21.6. The number of fused-ring (bicyclic) bond motifs is 4. The van der Waals surface area contributed by atoms with Gasteiger partial charge in [-0.05, 0) is 241 Å². The zero-order valence-corrected chi connectivity index (χ0v) is 43.9. The highest BCUT2D eigenvalue weighted by Crippen LogP contribution is 2.61. The molecule has 8 fully saturated rings. The fraction of sp³-hybridized carbons (Fsp3) is 0.486. The summed E-state index contributed by atoms with van der Waals surface area (Å²) in [7, 11) is 0. The molecule has 0 spiro atoms. The van der Waals surface area contributed by atoms with E-state index >= 15 is 0 Å². The van der Waals surface area contributed by atoms with Crippen molar-refractivity contribution in [2.45, 2.75) is 196 Å². The fourth-order valence-corrected chi connectivity index (χ4v) is 18.3. The molecule has 2 nitrogen and oxygen atoms in total. The summed E-state index contributed by atoms with van der Waals surface area (Å²) in [5, 5.41) is 0. The largest absolute Gasteiger partial charge is 0.311 e. The van der Waals surface area contributed by atoms with Gasteiger partial charge >= 0.3 is 0 Å². The second-order valence-electron chi connectivity index (χ2n) is 26.0. The van der Waals surface area contributed by atoms with E-state index in [-0.39, 0.29) is 6.71 Å². The van der Waals surface area contributed by atoms with Gasteiger partial charge in [0.2, 0.25) is 0 Å². The Morgan fingerprint density at radius 2 is 0.753 bits per heavy atom. The zero-order chi connectivity index (χ0) is 48.0. The Morgan fingerprint density at radius 1 is 0.356 bits per heavy atom. The van der Waals surface area contributed by atoms with Gasteiger partial charge in [0.05, 0.1) is 0 Å². The smallest absolute Gasteiger partial charge is 0.252 e. The lowest BCUT2D eigenvalue weighted by atomic mass is 9.33. The molecule has 0 amide bonds. The summed E-state index contributed by atoms with van der Waals surface area (Å²) in [5.74, 6) is 5.39. The molecule has 0 radical (unpaired) electrons. The van der Waals surface area contributed by atoms with E-state index in [1.807, 2.05) is 0 Å². The molecule has 6 aromatic rings. The van der Waals surface area contributed by atoms with Gasteiger partial charge in [-0.1, -0.05) is 150 Å². The van der Waals surface area contributed by atoms with Crippen molar-refractivity contribution in [3.05, 3.63) is 149 Å². The van der Waals surface area contributed by atoms with E-state index in [1.165, 1.54) is 240 Å². The number of hydrogen-bond acceptors (Lipinski definition) is 2. The summed E-state index contributed by atoms with van der Waals surface area (Å²) in [5.41, 5.74) is 23.6. The molecule has 8 aliphatic carbocycles. The van der Waals surface area contributed by atoms with Crippen LogP contribution in [-0.2, 0) is 5.41 Å². The average molecular weight is 959 g/mol. The summed E-state index contributed by atoms with van der Waals surface area (Å²) >= 11 is 0. The van der Waals surface area contributed by atoms with Gasteiger partial charge in [0.1, 0.15) is 0 Å².